The second-order valence-electron chi connectivity index (χ2n) is 4.89. The van der Waals surface area contributed by atoms with Gasteiger partial charge in [0, 0.05) is 0 Å². The predicted octanol–water partition coefficient (Wildman–Crippen LogP) is 2.74. The predicted molar refractivity (Wildman–Crippen MR) is 52.1 cm³/mol. The summed E-state index contributed by atoms with van der Waals surface area (Å²) in [4.78, 5) is 0. The molecule has 0 radical (unpaired) electrons. The molecule has 0 aromatic heterocycles. The van der Waals surface area contributed by atoms with E-state index in [1.165, 1.54) is 0 Å². The molecular weight excluding hydrogens is 162 g/mol. The molecule has 1 rings (SSSR count). The summed E-state index contributed by atoms with van der Waals surface area (Å²) in [5, 5.41) is 8.79. The van der Waals surface area contributed by atoms with Crippen molar-refractivity contribution in [2.24, 2.45) is 11.8 Å². The van der Waals surface area contributed by atoms with Crippen LogP contribution in [0.1, 0.15) is 40.5 Å². The van der Waals surface area contributed by atoms with Crippen LogP contribution in [-0.2, 0) is 4.74 Å². The molecule has 1 fully saturated rings. The topological polar surface area (TPSA) is 36.3 Å². The van der Waals surface area contributed by atoms with E-state index in [1.807, 2.05) is 0 Å². The fourth-order valence-corrected chi connectivity index (χ4v) is 2.12. The van der Waals surface area contributed by atoms with Crippen LogP contribution in [0.3, 0.4) is 0 Å². The van der Waals surface area contributed by atoms with Crippen molar-refractivity contribution in [2.45, 2.75) is 52.2 Å². The molecule has 74 valence electrons. The van der Waals surface area contributed by atoms with Gasteiger partial charge in [0.2, 0.25) is 0 Å². The van der Waals surface area contributed by atoms with Crippen LogP contribution in [0.25, 0.3) is 0 Å². The van der Waals surface area contributed by atoms with Crippen molar-refractivity contribution in [3.05, 3.63) is 0 Å². The number of ether oxygens (including phenoxy) is 1. The van der Waals surface area contributed by atoms with E-state index >= 15 is 0 Å². The van der Waals surface area contributed by atoms with E-state index in [-0.39, 0.29) is 11.7 Å². The summed E-state index contributed by atoms with van der Waals surface area (Å²) in [5.74, 6) is 1.22. The summed E-state index contributed by atoms with van der Waals surface area (Å²) in [6.07, 6.45) is 1.89. The molecule has 0 aromatic carbocycles. The van der Waals surface area contributed by atoms with Crippen LogP contribution in [0, 0.1) is 23.2 Å². The van der Waals surface area contributed by atoms with Crippen LogP contribution in [-0.4, -0.2) is 11.7 Å². The number of nitrogens with zero attached hydrogens (tertiary/aromatic N) is 1. The van der Waals surface area contributed by atoms with E-state index in [9.17, 15) is 0 Å². The summed E-state index contributed by atoms with van der Waals surface area (Å²) in [5.41, 5.74) is -0.100. The maximum Gasteiger partial charge on any atom is 0.173 e. The maximum atomic E-state index is 8.79. The van der Waals surface area contributed by atoms with Crippen LogP contribution >= 0.6 is 0 Å². The molecule has 2 nitrogen and oxygen atoms in total. The van der Waals surface area contributed by atoms with Gasteiger partial charge in [0.05, 0.1) is 6.07 Å². The lowest BCUT2D eigenvalue weighted by Gasteiger charge is -2.16. The Labute approximate surface area is 80.9 Å². The second kappa shape index (κ2) is 3.67. The lowest BCUT2D eigenvalue weighted by molar-refractivity contribution is 0.228. The molecule has 0 saturated carbocycles. The van der Waals surface area contributed by atoms with Gasteiger partial charge < -0.3 is 4.74 Å². The first-order valence-electron chi connectivity index (χ1n) is 5.07. The molecule has 1 saturated heterocycles. The van der Waals surface area contributed by atoms with Gasteiger partial charge in [-0.1, -0.05) is 27.7 Å². The van der Waals surface area contributed by atoms with Crippen molar-refractivity contribution in [3.63, 3.8) is 0 Å². The number of rotatable bonds is 4. The highest BCUT2D eigenvalue weighted by Crippen LogP contribution is 2.46. The Morgan fingerprint density at radius 1 is 1.23 bits per heavy atom. The third-order valence-electron chi connectivity index (χ3n) is 2.40. The van der Waals surface area contributed by atoms with E-state index in [0.717, 1.165) is 12.8 Å². The average molecular weight is 181 g/mol. The van der Waals surface area contributed by atoms with Gasteiger partial charge in [0.1, 0.15) is 5.60 Å². The Bertz CT molecular complexity index is 205. The minimum Gasteiger partial charge on any atom is -0.350 e. The van der Waals surface area contributed by atoms with Gasteiger partial charge in [-0.2, -0.15) is 5.26 Å². The normalized spacial score (nSPS) is 24.8. The van der Waals surface area contributed by atoms with Crippen molar-refractivity contribution in [1.29, 1.82) is 5.26 Å². The van der Waals surface area contributed by atoms with E-state index < -0.39 is 0 Å². The van der Waals surface area contributed by atoms with Crippen LogP contribution in [0.15, 0.2) is 0 Å². The lowest BCUT2D eigenvalue weighted by atomic mass is 9.87. The van der Waals surface area contributed by atoms with Crippen molar-refractivity contribution >= 4 is 0 Å². The highest BCUT2D eigenvalue weighted by atomic mass is 16.6. The van der Waals surface area contributed by atoms with Crippen molar-refractivity contribution < 1.29 is 4.74 Å². The van der Waals surface area contributed by atoms with E-state index in [2.05, 4.69) is 33.8 Å². The van der Waals surface area contributed by atoms with E-state index in [4.69, 9.17) is 10.00 Å². The summed E-state index contributed by atoms with van der Waals surface area (Å²) >= 11 is 0. The molecule has 0 aromatic rings. The van der Waals surface area contributed by atoms with Gasteiger partial charge in [-0.15, -0.1) is 0 Å². The van der Waals surface area contributed by atoms with Crippen molar-refractivity contribution in [2.75, 3.05) is 0 Å². The number of hydrogen-bond donors (Lipinski definition) is 0. The standard InChI is InChI=1S/C11H19NO/c1-8(2)5-11(6-9(3)4)10(7-12)13-11/h8-10H,5-6H2,1-4H3. The van der Waals surface area contributed by atoms with Gasteiger partial charge in [-0.05, 0) is 24.7 Å². The lowest BCUT2D eigenvalue weighted by Crippen LogP contribution is -2.20. The van der Waals surface area contributed by atoms with Crippen molar-refractivity contribution in [1.82, 2.24) is 0 Å². The Morgan fingerprint density at radius 3 is 1.92 bits per heavy atom. The van der Waals surface area contributed by atoms with Crippen molar-refractivity contribution in [3.8, 4) is 6.07 Å². The second-order valence-corrected chi connectivity index (χ2v) is 4.89. The monoisotopic (exact) mass is 181 g/mol. The quantitative estimate of drug-likeness (QED) is 0.625. The van der Waals surface area contributed by atoms with Gasteiger partial charge in [0.15, 0.2) is 6.10 Å². The molecule has 1 heterocycles. The van der Waals surface area contributed by atoms with Gasteiger partial charge in [-0.25, -0.2) is 0 Å². The first-order chi connectivity index (χ1) is 6.00. The first kappa shape index (κ1) is 10.5. The maximum absolute atomic E-state index is 8.79. The molecule has 1 aliphatic rings. The Balaban J connectivity index is 2.54. The molecule has 1 aliphatic heterocycles. The molecular formula is C11H19NO. The molecule has 0 bridgehead atoms. The molecule has 2 heteroatoms. The number of nitriles is 1. The smallest absolute Gasteiger partial charge is 0.173 e. The summed E-state index contributed by atoms with van der Waals surface area (Å²) in [6.45, 7) is 8.72. The van der Waals surface area contributed by atoms with Gasteiger partial charge in [-0.3, -0.25) is 0 Å². The third kappa shape index (κ3) is 2.45. The molecule has 0 spiro atoms. The highest BCUT2D eigenvalue weighted by Gasteiger charge is 2.56. The number of hydrogen-bond acceptors (Lipinski definition) is 2. The van der Waals surface area contributed by atoms with Gasteiger partial charge in [0.25, 0.3) is 0 Å². The minimum atomic E-state index is -0.141. The molecule has 0 aliphatic carbocycles. The number of epoxide rings is 1. The van der Waals surface area contributed by atoms with Crippen LogP contribution < -0.4 is 0 Å². The first-order valence-corrected chi connectivity index (χ1v) is 5.07. The summed E-state index contributed by atoms with van der Waals surface area (Å²) < 4.78 is 5.51. The molecule has 13 heavy (non-hydrogen) atoms. The largest absolute Gasteiger partial charge is 0.350 e. The van der Waals surface area contributed by atoms with Crippen LogP contribution in [0.4, 0.5) is 0 Å². The zero-order valence-corrected chi connectivity index (χ0v) is 9.00. The van der Waals surface area contributed by atoms with Crippen LogP contribution in [0.5, 0.6) is 0 Å². The molecule has 0 N–H and O–H groups in total. The average Bonchev–Trinajstić information content (AvgIpc) is 2.59. The minimum absolute atomic E-state index is 0.100. The van der Waals surface area contributed by atoms with Gasteiger partial charge >= 0.3 is 0 Å². The zero-order chi connectivity index (χ0) is 10.1. The fraction of sp³-hybridized carbons (Fsp3) is 0.909. The molecule has 1 atom stereocenters. The summed E-state index contributed by atoms with van der Waals surface area (Å²) in [6, 6.07) is 2.22. The Kier molecular flexibility index (Phi) is 2.98. The fourth-order valence-electron chi connectivity index (χ4n) is 2.12. The van der Waals surface area contributed by atoms with Crippen LogP contribution in [0.2, 0.25) is 0 Å². The van der Waals surface area contributed by atoms with E-state index in [1.54, 1.807) is 0 Å². The Morgan fingerprint density at radius 2 is 1.69 bits per heavy atom. The Hall–Kier alpha value is -0.550. The molecule has 1 unspecified atom stereocenters. The molecule has 0 amide bonds. The SMILES string of the molecule is CC(C)CC1(CC(C)C)OC1C#N. The van der Waals surface area contributed by atoms with E-state index in [0.29, 0.717) is 11.8 Å². The zero-order valence-electron chi connectivity index (χ0n) is 9.00. The highest BCUT2D eigenvalue weighted by molar-refractivity contribution is 5.14. The summed E-state index contributed by atoms with van der Waals surface area (Å²) in [7, 11) is 0. The third-order valence-corrected chi connectivity index (χ3v) is 2.40.